The number of benzene rings is 1. The summed E-state index contributed by atoms with van der Waals surface area (Å²) in [4.78, 5) is 24.2. The van der Waals surface area contributed by atoms with Crippen LogP contribution in [-0.2, 0) is 4.79 Å². The maximum atomic E-state index is 12.2. The highest BCUT2D eigenvalue weighted by atomic mass is 16.2. The minimum Gasteiger partial charge on any atom is -0.356 e. The van der Waals surface area contributed by atoms with Crippen LogP contribution < -0.4 is 5.32 Å². The maximum Gasteiger partial charge on any atom is 0.220 e. The molecule has 1 fully saturated rings. The van der Waals surface area contributed by atoms with E-state index in [0.29, 0.717) is 18.8 Å². The van der Waals surface area contributed by atoms with E-state index in [9.17, 15) is 9.59 Å². The molecule has 2 rings (SSSR count). The van der Waals surface area contributed by atoms with E-state index in [-0.39, 0.29) is 11.7 Å². The molecule has 0 bridgehead atoms. The molecule has 3 heteroatoms. The van der Waals surface area contributed by atoms with Crippen molar-refractivity contribution >= 4 is 11.7 Å². The zero-order chi connectivity index (χ0) is 15.9. The predicted molar refractivity (Wildman–Crippen MR) is 89.1 cm³/mol. The predicted octanol–water partition coefficient (Wildman–Crippen LogP) is 3.96. The molecule has 22 heavy (non-hydrogen) atoms. The Bertz CT molecular complexity index is 530. The van der Waals surface area contributed by atoms with E-state index < -0.39 is 0 Å². The van der Waals surface area contributed by atoms with Gasteiger partial charge in [0.2, 0.25) is 5.91 Å². The Morgan fingerprint density at radius 3 is 2.55 bits per heavy atom. The van der Waals surface area contributed by atoms with Crippen LogP contribution in [0.15, 0.2) is 18.2 Å². The number of Topliss-reactive ketones (excluding diaryl/α,β-unsaturated/α-hetero) is 1. The largest absolute Gasteiger partial charge is 0.356 e. The lowest BCUT2D eigenvalue weighted by atomic mass is 9.89. The van der Waals surface area contributed by atoms with Crippen LogP contribution in [0.3, 0.4) is 0 Å². The second kappa shape index (κ2) is 8.11. The summed E-state index contributed by atoms with van der Waals surface area (Å²) in [7, 11) is 0. The normalized spacial score (nSPS) is 15.5. The van der Waals surface area contributed by atoms with Crippen LogP contribution in [0.25, 0.3) is 0 Å². The topological polar surface area (TPSA) is 46.2 Å². The molecule has 3 nitrogen and oxygen atoms in total. The summed E-state index contributed by atoms with van der Waals surface area (Å²) >= 11 is 0. The molecule has 1 amide bonds. The number of rotatable bonds is 6. The standard InChI is InChI=1S/C19H27NO2/c1-14-8-9-15(2)17(12-14)18(21)10-11-19(22)20-13-16-6-4-3-5-7-16/h8-9,12,16H,3-7,10-11,13H2,1-2H3,(H,20,22). The SMILES string of the molecule is Cc1ccc(C)c(C(=O)CCC(=O)NCC2CCCCC2)c1. The fourth-order valence-corrected chi connectivity index (χ4v) is 3.14. The quantitative estimate of drug-likeness (QED) is 0.808. The molecule has 0 heterocycles. The Kier molecular flexibility index (Phi) is 6.17. The summed E-state index contributed by atoms with van der Waals surface area (Å²) in [5.41, 5.74) is 2.81. The molecule has 1 saturated carbocycles. The van der Waals surface area contributed by atoms with E-state index in [1.165, 1.54) is 32.1 Å². The average molecular weight is 301 g/mol. The third-order valence-corrected chi connectivity index (χ3v) is 4.59. The van der Waals surface area contributed by atoms with Gasteiger partial charge in [0.15, 0.2) is 5.78 Å². The van der Waals surface area contributed by atoms with Gasteiger partial charge in [-0.25, -0.2) is 0 Å². The van der Waals surface area contributed by atoms with Crippen molar-refractivity contribution in [3.8, 4) is 0 Å². The van der Waals surface area contributed by atoms with Crippen molar-refractivity contribution < 1.29 is 9.59 Å². The van der Waals surface area contributed by atoms with Crippen LogP contribution in [0, 0.1) is 19.8 Å². The molecule has 0 aliphatic heterocycles. The summed E-state index contributed by atoms with van der Waals surface area (Å²) in [5, 5.41) is 2.99. The lowest BCUT2D eigenvalue weighted by Crippen LogP contribution is -2.30. The van der Waals surface area contributed by atoms with E-state index in [1.54, 1.807) is 0 Å². The highest BCUT2D eigenvalue weighted by Gasteiger charge is 2.15. The molecular weight excluding hydrogens is 274 g/mol. The monoisotopic (exact) mass is 301 g/mol. The van der Waals surface area contributed by atoms with E-state index in [4.69, 9.17) is 0 Å². The molecule has 1 N–H and O–H groups in total. The Labute approximate surface area is 133 Å². The molecule has 1 aromatic carbocycles. The van der Waals surface area contributed by atoms with Gasteiger partial charge in [-0.15, -0.1) is 0 Å². The third kappa shape index (κ3) is 4.97. The first kappa shape index (κ1) is 16.7. The van der Waals surface area contributed by atoms with Gasteiger partial charge in [0.25, 0.3) is 0 Å². The molecule has 0 radical (unpaired) electrons. The van der Waals surface area contributed by atoms with Crippen molar-refractivity contribution in [3.63, 3.8) is 0 Å². The second-order valence-electron chi connectivity index (χ2n) is 6.55. The lowest BCUT2D eigenvalue weighted by molar-refractivity contribution is -0.121. The van der Waals surface area contributed by atoms with Crippen LogP contribution in [0.5, 0.6) is 0 Å². The smallest absolute Gasteiger partial charge is 0.220 e. The lowest BCUT2D eigenvalue weighted by Gasteiger charge is -2.21. The van der Waals surface area contributed by atoms with Crippen LogP contribution in [0.2, 0.25) is 0 Å². The maximum absolute atomic E-state index is 12.2. The first-order valence-corrected chi connectivity index (χ1v) is 8.43. The van der Waals surface area contributed by atoms with Crippen molar-refractivity contribution in [2.24, 2.45) is 5.92 Å². The first-order valence-electron chi connectivity index (χ1n) is 8.43. The van der Waals surface area contributed by atoms with Crippen LogP contribution in [0.4, 0.5) is 0 Å². The number of amides is 1. The molecule has 1 aliphatic carbocycles. The van der Waals surface area contributed by atoms with Crippen molar-refractivity contribution in [2.75, 3.05) is 6.54 Å². The Balaban J connectivity index is 1.75. The molecular formula is C19H27NO2. The highest BCUT2D eigenvalue weighted by molar-refractivity contribution is 5.99. The van der Waals surface area contributed by atoms with Gasteiger partial charge < -0.3 is 5.32 Å². The second-order valence-corrected chi connectivity index (χ2v) is 6.55. The van der Waals surface area contributed by atoms with Gasteiger partial charge in [-0.05, 0) is 44.2 Å². The van der Waals surface area contributed by atoms with Gasteiger partial charge in [-0.1, -0.05) is 37.0 Å². The highest BCUT2D eigenvalue weighted by Crippen LogP contribution is 2.22. The summed E-state index contributed by atoms with van der Waals surface area (Å²) in [6.07, 6.45) is 6.93. The number of hydrogen-bond donors (Lipinski definition) is 1. The van der Waals surface area contributed by atoms with E-state index in [1.807, 2.05) is 32.0 Å². The molecule has 120 valence electrons. The Hall–Kier alpha value is -1.64. The summed E-state index contributed by atoms with van der Waals surface area (Å²) in [6.45, 7) is 4.69. The van der Waals surface area contributed by atoms with E-state index in [2.05, 4.69) is 5.32 Å². The molecule has 0 saturated heterocycles. The Morgan fingerprint density at radius 1 is 1.09 bits per heavy atom. The van der Waals surface area contributed by atoms with E-state index >= 15 is 0 Å². The zero-order valence-corrected chi connectivity index (χ0v) is 13.8. The fraction of sp³-hybridized carbons (Fsp3) is 0.579. The molecule has 1 aromatic rings. The van der Waals surface area contributed by atoms with E-state index in [0.717, 1.165) is 23.2 Å². The van der Waals surface area contributed by atoms with Crippen LogP contribution in [0.1, 0.15) is 66.4 Å². The first-order chi connectivity index (χ1) is 10.6. The van der Waals surface area contributed by atoms with Gasteiger partial charge in [0.05, 0.1) is 0 Å². The number of nitrogens with one attached hydrogen (secondary N) is 1. The molecule has 0 spiro atoms. The van der Waals surface area contributed by atoms with Crippen LogP contribution >= 0.6 is 0 Å². The van der Waals surface area contributed by atoms with Crippen molar-refractivity contribution in [1.29, 1.82) is 0 Å². The molecule has 1 aliphatic rings. The minimum atomic E-state index is 0.00392. The van der Waals surface area contributed by atoms with Gasteiger partial charge >= 0.3 is 0 Å². The summed E-state index contributed by atoms with van der Waals surface area (Å²) in [6, 6.07) is 5.88. The van der Waals surface area contributed by atoms with Crippen molar-refractivity contribution in [1.82, 2.24) is 5.32 Å². The average Bonchev–Trinajstić information content (AvgIpc) is 2.54. The number of aryl methyl sites for hydroxylation is 2. The van der Waals surface area contributed by atoms with Crippen molar-refractivity contribution in [3.05, 3.63) is 34.9 Å². The molecule has 0 atom stereocenters. The molecule has 0 aromatic heterocycles. The van der Waals surface area contributed by atoms with Gasteiger partial charge in [-0.3, -0.25) is 9.59 Å². The van der Waals surface area contributed by atoms with Gasteiger partial charge in [0, 0.05) is 24.9 Å². The number of carbonyl (C=O) groups excluding carboxylic acids is 2. The number of hydrogen-bond acceptors (Lipinski definition) is 2. The number of ketones is 1. The fourth-order valence-electron chi connectivity index (χ4n) is 3.14. The van der Waals surface area contributed by atoms with Gasteiger partial charge in [-0.2, -0.15) is 0 Å². The van der Waals surface area contributed by atoms with Gasteiger partial charge in [0.1, 0.15) is 0 Å². The third-order valence-electron chi connectivity index (χ3n) is 4.59. The van der Waals surface area contributed by atoms with Crippen LogP contribution in [-0.4, -0.2) is 18.2 Å². The van der Waals surface area contributed by atoms with Crippen molar-refractivity contribution in [2.45, 2.75) is 58.8 Å². The summed E-state index contributed by atoms with van der Waals surface area (Å²) in [5.74, 6) is 0.700. The number of carbonyl (C=O) groups is 2. The molecule has 0 unspecified atom stereocenters. The zero-order valence-electron chi connectivity index (χ0n) is 13.8. The Morgan fingerprint density at radius 2 is 1.82 bits per heavy atom. The summed E-state index contributed by atoms with van der Waals surface area (Å²) < 4.78 is 0. The minimum absolute atomic E-state index is 0.00392.